The van der Waals surface area contributed by atoms with Crippen molar-refractivity contribution in [3.05, 3.63) is 35.6 Å². The van der Waals surface area contributed by atoms with Crippen LogP contribution in [0.3, 0.4) is 0 Å². The Morgan fingerprint density at radius 1 is 1.39 bits per heavy atom. The van der Waals surface area contributed by atoms with E-state index in [1.165, 1.54) is 18.2 Å². The first-order valence-electron chi connectivity index (χ1n) is 6.11. The number of hydrogen-bond acceptors (Lipinski definition) is 3. The highest BCUT2D eigenvalue weighted by Crippen LogP contribution is 2.08. The predicted molar refractivity (Wildman–Crippen MR) is 71.6 cm³/mol. The highest BCUT2D eigenvalue weighted by molar-refractivity contribution is 7.90. The largest absolute Gasteiger partial charge is 0.313 e. The lowest BCUT2D eigenvalue weighted by Gasteiger charge is -2.11. The van der Waals surface area contributed by atoms with Crippen molar-refractivity contribution in [3.8, 4) is 0 Å². The van der Waals surface area contributed by atoms with Crippen molar-refractivity contribution in [1.29, 1.82) is 0 Å². The lowest BCUT2D eigenvalue weighted by atomic mass is 10.2. The van der Waals surface area contributed by atoms with Crippen LogP contribution in [0.1, 0.15) is 25.8 Å². The molecule has 0 aliphatic heterocycles. The van der Waals surface area contributed by atoms with Gasteiger partial charge in [0.1, 0.15) is 5.82 Å². The molecular weight excluding hydrogens is 253 g/mol. The molecule has 0 aromatic heterocycles. The molecule has 3 nitrogen and oxygen atoms in total. The molecule has 0 unspecified atom stereocenters. The Bertz CT molecular complexity index is 474. The van der Waals surface area contributed by atoms with Gasteiger partial charge >= 0.3 is 0 Å². The Labute approximate surface area is 108 Å². The molecule has 1 atom stereocenters. The molecule has 18 heavy (non-hydrogen) atoms. The van der Waals surface area contributed by atoms with Crippen LogP contribution in [0.2, 0.25) is 0 Å². The van der Waals surface area contributed by atoms with Gasteiger partial charge in [0.2, 0.25) is 0 Å². The number of rotatable bonds is 7. The average molecular weight is 273 g/mol. The third-order valence-electron chi connectivity index (χ3n) is 2.79. The number of benzene rings is 1. The molecule has 0 saturated heterocycles. The molecule has 0 heterocycles. The van der Waals surface area contributed by atoms with E-state index in [-0.39, 0.29) is 11.5 Å². The van der Waals surface area contributed by atoms with Gasteiger partial charge in [0.15, 0.2) is 9.84 Å². The van der Waals surface area contributed by atoms with E-state index >= 15 is 0 Å². The molecule has 5 heteroatoms. The summed E-state index contributed by atoms with van der Waals surface area (Å²) < 4.78 is 36.6. The standard InChI is InChI=1S/C13H20FNO2S/c1-3-11(2)15-7-8-18(16,17)10-12-5-4-6-13(14)9-12/h4-6,9,11,15H,3,7-8,10H2,1-2H3/t11-/m0/s1. The number of halogens is 1. The van der Waals surface area contributed by atoms with Gasteiger partial charge in [-0.2, -0.15) is 0 Å². The summed E-state index contributed by atoms with van der Waals surface area (Å²) in [6, 6.07) is 6.04. The van der Waals surface area contributed by atoms with E-state index in [1.54, 1.807) is 6.07 Å². The van der Waals surface area contributed by atoms with Crippen LogP contribution in [0.5, 0.6) is 0 Å². The van der Waals surface area contributed by atoms with Crippen molar-refractivity contribution in [3.63, 3.8) is 0 Å². The van der Waals surface area contributed by atoms with Gasteiger partial charge in [-0.05, 0) is 31.0 Å². The summed E-state index contributed by atoms with van der Waals surface area (Å²) in [7, 11) is -3.18. The number of sulfone groups is 1. The van der Waals surface area contributed by atoms with Gasteiger partial charge in [0, 0.05) is 12.6 Å². The molecule has 102 valence electrons. The lowest BCUT2D eigenvalue weighted by Crippen LogP contribution is -2.30. The van der Waals surface area contributed by atoms with Crippen LogP contribution in [0, 0.1) is 5.82 Å². The van der Waals surface area contributed by atoms with Crippen molar-refractivity contribution in [2.24, 2.45) is 0 Å². The molecule has 0 amide bonds. The summed E-state index contributed by atoms with van der Waals surface area (Å²) >= 11 is 0. The molecule has 0 radical (unpaired) electrons. The van der Waals surface area contributed by atoms with Crippen LogP contribution >= 0.6 is 0 Å². The van der Waals surface area contributed by atoms with Crippen LogP contribution in [-0.4, -0.2) is 26.8 Å². The van der Waals surface area contributed by atoms with E-state index in [9.17, 15) is 12.8 Å². The molecule has 1 N–H and O–H groups in total. The van der Waals surface area contributed by atoms with E-state index in [0.717, 1.165) is 6.42 Å². The maximum atomic E-state index is 12.9. The van der Waals surface area contributed by atoms with Gasteiger partial charge in [0.05, 0.1) is 11.5 Å². The van der Waals surface area contributed by atoms with Crippen molar-refractivity contribution in [2.45, 2.75) is 32.1 Å². The van der Waals surface area contributed by atoms with Crippen molar-refractivity contribution in [1.82, 2.24) is 5.32 Å². The second-order valence-corrected chi connectivity index (χ2v) is 6.67. The molecule has 0 fully saturated rings. The Kier molecular flexibility index (Phi) is 5.75. The molecule has 0 aliphatic carbocycles. The Morgan fingerprint density at radius 2 is 2.11 bits per heavy atom. The SMILES string of the molecule is CC[C@H](C)NCCS(=O)(=O)Cc1cccc(F)c1. The van der Waals surface area contributed by atoms with Gasteiger partial charge in [-0.25, -0.2) is 12.8 Å². The quantitative estimate of drug-likeness (QED) is 0.828. The molecule has 0 saturated carbocycles. The van der Waals surface area contributed by atoms with Crippen molar-refractivity contribution < 1.29 is 12.8 Å². The maximum Gasteiger partial charge on any atom is 0.155 e. The van der Waals surface area contributed by atoms with Crippen molar-refractivity contribution in [2.75, 3.05) is 12.3 Å². The molecule has 0 aliphatic rings. The number of hydrogen-bond donors (Lipinski definition) is 1. The van der Waals surface area contributed by atoms with Crippen molar-refractivity contribution >= 4 is 9.84 Å². The highest BCUT2D eigenvalue weighted by Gasteiger charge is 2.12. The van der Waals surface area contributed by atoms with E-state index in [0.29, 0.717) is 18.2 Å². The zero-order chi connectivity index (χ0) is 13.6. The van der Waals surface area contributed by atoms with Crippen LogP contribution in [-0.2, 0) is 15.6 Å². The van der Waals surface area contributed by atoms with Gasteiger partial charge < -0.3 is 5.32 Å². The summed E-state index contributed by atoms with van der Waals surface area (Å²) in [5, 5.41) is 3.13. The molecule has 1 aromatic rings. The summed E-state index contributed by atoms with van der Waals surface area (Å²) in [6.07, 6.45) is 0.962. The monoisotopic (exact) mass is 273 g/mol. The minimum atomic E-state index is -3.18. The minimum absolute atomic E-state index is 0.0772. The second kappa shape index (κ2) is 6.85. The third-order valence-corrected chi connectivity index (χ3v) is 4.39. The first-order valence-corrected chi connectivity index (χ1v) is 7.93. The summed E-state index contributed by atoms with van der Waals surface area (Å²) in [4.78, 5) is 0. The van der Waals surface area contributed by atoms with Gasteiger partial charge in [-0.3, -0.25) is 0 Å². The third kappa shape index (κ3) is 5.60. The first-order chi connectivity index (χ1) is 8.43. The van der Waals surface area contributed by atoms with E-state index in [4.69, 9.17) is 0 Å². The fraction of sp³-hybridized carbons (Fsp3) is 0.538. The first kappa shape index (κ1) is 15.1. The van der Waals surface area contributed by atoms with Crippen LogP contribution < -0.4 is 5.32 Å². The average Bonchev–Trinajstić information content (AvgIpc) is 2.27. The molecule has 1 aromatic carbocycles. The topological polar surface area (TPSA) is 46.2 Å². The zero-order valence-corrected chi connectivity index (χ0v) is 11.6. The van der Waals surface area contributed by atoms with Crippen LogP contribution in [0.4, 0.5) is 4.39 Å². The summed E-state index contributed by atoms with van der Waals surface area (Å²) in [6.45, 7) is 4.49. The molecule has 1 rings (SSSR count). The smallest absolute Gasteiger partial charge is 0.155 e. The maximum absolute atomic E-state index is 12.9. The Balaban J connectivity index is 2.50. The number of nitrogens with one attached hydrogen (secondary N) is 1. The highest BCUT2D eigenvalue weighted by atomic mass is 32.2. The Hall–Kier alpha value is -0.940. The Morgan fingerprint density at radius 3 is 2.72 bits per heavy atom. The zero-order valence-electron chi connectivity index (χ0n) is 10.8. The fourth-order valence-electron chi connectivity index (χ4n) is 1.56. The van der Waals surface area contributed by atoms with Crippen LogP contribution in [0.25, 0.3) is 0 Å². The van der Waals surface area contributed by atoms with E-state index in [2.05, 4.69) is 5.32 Å². The van der Waals surface area contributed by atoms with Gasteiger partial charge in [-0.1, -0.05) is 19.1 Å². The van der Waals surface area contributed by atoms with Gasteiger partial charge in [-0.15, -0.1) is 0 Å². The minimum Gasteiger partial charge on any atom is -0.313 e. The molecule has 0 bridgehead atoms. The molecule has 0 spiro atoms. The molecular formula is C13H20FNO2S. The van der Waals surface area contributed by atoms with E-state index in [1.807, 2.05) is 13.8 Å². The van der Waals surface area contributed by atoms with Gasteiger partial charge in [0.25, 0.3) is 0 Å². The van der Waals surface area contributed by atoms with E-state index < -0.39 is 15.7 Å². The summed E-state index contributed by atoms with van der Waals surface area (Å²) in [5.41, 5.74) is 0.499. The normalized spacial score (nSPS) is 13.5. The van der Waals surface area contributed by atoms with Crippen LogP contribution in [0.15, 0.2) is 24.3 Å². The summed E-state index contributed by atoms with van der Waals surface area (Å²) in [5.74, 6) is -0.429. The predicted octanol–water partition coefficient (Wildman–Crippen LogP) is 2.13. The second-order valence-electron chi connectivity index (χ2n) is 4.49. The fourth-order valence-corrected chi connectivity index (χ4v) is 2.82. The lowest BCUT2D eigenvalue weighted by molar-refractivity contribution is 0.544.